The number of ether oxygens (including phenoxy) is 1. The zero-order valence-electron chi connectivity index (χ0n) is 16.1. The molecule has 0 radical (unpaired) electrons. The Morgan fingerprint density at radius 3 is 2.68 bits per heavy atom. The summed E-state index contributed by atoms with van der Waals surface area (Å²) < 4.78 is 18.8. The van der Waals surface area contributed by atoms with Crippen molar-refractivity contribution in [2.24, 2.45) is 0 Å². The Bertz CT molecular complexity index is 796. The van der Waals surface area contributed by atoms with Gasteiger partial charge in [-0.25, -0.2) is 4.39 Å². The molecule has 2 atom stereocenters. The van der Waals surface area contributed by atoms with E-state index in [1.165, 1.54) is 17.7 Å². The Morgan fingerprint density at radius 2 is 1.89 bits per heavy atom. The summed E-state index contributed by atoms with van der Waals surface area (Å²) in [7, 11) is 0. The lowest BCUT2D eigenvalue weighted by atomic mass is 9.79. The maximum Gasteiger partial charge on any atom is 0.220 e. The van der Waals surface area contributed by atoms with Crippen LogP contribution >= 0.6 is 0 Å². The molecule has 2 heterocycles. The molecule has 2 aromatic rings. The lowest BCUT2D eigenvalue weighted by molar-refractivity contribution is -0.122. The van der Waals surface area contributed by atoms with Crippen molar-refractivity contribution in [3.05, 3.63) is 66.0 Å². The summed E-state index contributed by atoms with van der Waals surface area (Å²) >= 11 is 0. The second-order valence-electron chi connectivity index (χ2n) is 7.91. The van der Waals surface area contributed by atoms with Crippen LogP contribution in [-0.4, -0.2) is 42.6 Å². The van der Waals surface area contributed by atoms with E-state index in [4.69, 9.17) is 4.74 Å². The van der Waals surface area contributed by atoms with Crippen molar-refractivity contribution in [2.75, 3.05) is 26.2 Å². The molecule has 4 nitrogen and oxygen atoms in total. The van der Waals surface area contributed by atoms with Crippen molar-refractivity contribution >= 4 is 5.91 Å². The van der Waals surface area contributed by atoms with Crippen LogP contribution < -0.4 is 10.1 Å². The molecule has 0 saturated carbocycles. The van der Waals surface area contributed by atoms with Crippen molar-refractivity contribution < 1.29 is 13.9 Å². The molecule has 1 amide bonds. The Hall–Kier alpha value is -2.40. The molecular formula is C23H27FN2O2. The van der Waals surface area contributed by atoms with Gasteiger partial charge in [0.1, 0.15) is 18.2 Å². The summed E-state index contributed by atoms with van der Waals surface area (Å²) in [4.78, 5) is 14.8. The molecule has 0 bridgehead atoms. The van der Waals surface area contributed by atoms with Gasteiger partial charge in [0.05, 0.1) is 5.54 Å². The SMILES string of the molecule is O=C1CCCC[C@]2(CN(CCOc3ccc(F)cc3)C[C@H]2c2ccccc2)N1. The minimum Gasteiger partial charge on any atom is -0.492 e. The van der Waals surface area contributed by atoms with E-state index < -0.39 is 0 Å². The van der Waals surface area contributed by atoms with Crippen LogP contribution in [0, 0.1) is 5.82 Å². The molecular weight excluding hydrogens is 355 g/mol. The van der Waals surface area contributed by atoms with Gasteiger partial charge in [-0.15, -0.1) is 0 Å². The fraction of sp³-hybridized carbons (Fsp3) is 0.435. The average molecular weight is 382 g/mol. The maximum absolute atomic E-state index is 13.0. The molecule has 4 rings (SSSR count). The lowest BCUT2D eigenvalue weighted by Gasteiger charge is -2.35. The number of amides is 1. The van der Waals surface area contributed by atoms with Crippen LogP contribution in [-0.2, 0) is 4.79 Å². The molecule has 2 fully saturated rings. The summed E-state index contributed by atoms with van der Waals surface area (Å²) in [6, 6.07) is 16.6. The van der Waals surface area contributed by atoms with Crippen LogP contribution in [0.4, 0.5) is 4.39 Å². The molecule has 28 heavy (non-hydrogen) atoms. The van der Waals surface area contributed by atoms with Crippen LogP contribution in [0.15, 0.2) is 54.6 Å². The highest BCUT2D eigenvalue weighted by Crippen LogP contribution is 2.40. The molecule has 2 aliphatic heterocycles. The van der Waals surface area contributed by atoms with Gasteiger partial charge in [-0.2, -0.15) is 0 Å². The van der Waals surface area contributed by atoms with E-state index >= 15 is 0 Å². The first kappa shape index (κ1) is 18.9. The molecule has 2 saturated heterocycles. The number of hydrogen-bond acceptors (Lipinski definition) is 3. The Labute approximate surface area is 165 Å². The molecule has 0 aliphatic carbocycles. The number of carbonyl (C=O) groups excluding carboxylic acids is 1. The molecule has 0 aromatic heterocycles. The second-order valence-corrected chi connectivity index (χ2v) is 7.91. The van der Waals surface area contributed by atoms with Gasteiger partial charge >= 0.3 is 0 Å². The number of nitrogens with zero attached hydrogens (tertiary/aromatic N) is 1. The first-order valence-corrected chi connectivity index (χ1v) is 10.1. The molecule has 0 unspecified atom stereocenters. The third-order valence-corrected chi connectivity index (χ3v) is 5.97. The normalized spacial score (nSPS) is 25.5. The Balaban J connectivity index is 1.46. The quantitative estimate of drug-likeness (QED) is 0.857. The highest BCUT2D eigenvalue weighted by Gasteiger charge is 2.48. The van der Waals surface area contributed by atoms with Crippen LogP contribution in [0.5, 0.6) is 5.75 Å². The number of nitrogens with one attached hydrogen (secondary N) is 1. The third-order valence-electron chi connectivity index (χ3n) is 5.97. The summed E-state index contributed by atoms with van der Waals surface area (Å²) in [6.45, 7) is 3.05. The minimum atomic E-state index is -0.261. The summed E-state index contributed by atoms with van der Waals surface area (Å²) in [5.74, 6) is 0.866. The van der Waals surface area contributed by atoms with Gasteiger partial charge < -0.3 is 10.1 Å². The van der Waals surface area contributed by atoms with Gasteiger partial charge in [0.15, 0.2) is 0 Å². The molecule has 148 valence electrons. The lowest BCUT2D eigenvalue weighted by Crippen LogP contribution is -2.52. The van der Waals surface area contributed by atoms with Gasteiger partial charge in [-0.05, 0) is 42.7 Å². The van der Waals surface area contributed by atoms with Crippen molar-refractivity contribution in [3.8, 4) is 5.75 Å². The van der Waals surface area contributed by atoms with E-state index in [9.17, 15) is 9.18 Å². The van der Waals surface area contributed by atoms with E-state index in [1.54, 1.807) is 12.1 Å². The van der Waals surface area contributed by atoms with Crippen LogP contribution in [0.2, 0.25) is 0 Å². The second kappa shape index (κ2) is 8.31. The monoisotopic (exact) mass is 382 g/mol. The predicted octanol–water partition coefficient (Wildman–Crippen LogP) is 3.73. The highest BCUT2D eigenvalue weighted by molar-refractivity contribution is 5.77. The van der Waals surface area contributed by atoms with E-state index in [0.717, 1.165) is 38.9 Å². The molecule has 2 aliphatic rings. The van der Waals surface area contributed by atoms with Gasteiger partial charge in [0, 0.05) is 32.0 Å². The minimum absolute atomic E-state index is 0.169. The van der Waals surface area contributed by atoms with E-state index in [-0.39, 0.29) is 23.2 Å². The zero-order chi connectivity index (χ0) is 19.4. The number of carbonyl (C=O) groups is 1. The summed E-state index contributed by atoms with van der Waals surface area (Å²) in [5, 5.41) is 3.38. The summed E-state index contributed by atoms with van der Waals surface area (Å²) in [5.41, 5.74) is 1.08. The maximum atomic E-state index is 13.0. The van der Waals surface area contributed by atoms with Gasteiger partial charge in [0.2, 0.25) is 5.91 Å². The Kier molecular flexibility index (Phi) is 5.62. The van der Waals surface area contributed by atoms with Crippen LogP contribution in [0.3, 0.4) is 0 Å². The standard InChI is InChI=1S/C23H27FN2O2/c24-19-9-11-20(12-10-19)28-15-14-26-16-21(18-6-2-1-3-7-18)23(17-26)13-5-4-8-22(27)25-23/h1-3,6-7,9-12,21H,4-5,8,13-17H2,(H,25,27)/t21-,23+/m0/s1. The fourth-order valence-corrected chi connectivity index (χ4v) is 4.62. The fourth-order valence-electron chi connectivity index (χ4n) is 4.62. The van der Waals surface area contributed by atoms with Crippen molar-refractivity contribution in [1.82, 2.24) is 10.2 Å². The number of halogens is 1. The topological polar surface area (TPSA) is 41.6 Å². The van der Waals surface area contributed by atoms with E-state index in [1.807, 2.05) is 6.07 Å². The van der Waals surface area contributed by atoms with Gasteiger partial charge in [0.25, 0.3) is 0 Å². The molecule has 1 N–H and O–H groups in total. The number of hydrogen-bond donors (Lipinski definition) is 1. The first-order valence-electron chi connectivity index (χ1n) is 10.1. The van der Waals surface area contributed by atoms with Crippen molar-refractivity contribution in [3.63, 3.8) is 0 Å². The van der Waals surface area contributed by atoms with Crippen molar-refractivity contribution in [2.45, 2.75) is 37.1 Å². The smallest absolute Gasteiger partial charge is 0.220 e. The number of rotatable bonds is 5. The zero-order valence-corrected chi connectivity index (χ0v) is 16.1. The molecule has 1 spiro atoms. The first-order chi connectivity index (χ1) is 13.6. The van der Waals surface area contributed by atoms with Gasteiger partial charge in [-0.1, -0.05) is 36.8 Å². The van der Waals surface area contributed by atoms with Gasteiger partial charge in [-0.3, -0.25) is 9.69 Å². The Morgan fingerprint density at radius 1 is 1.11 bits per heavy atom. The van der Waals surface area contributed by atoms with E-state index in [2.05, 4.69) is 34.5 Å². The number of likely N-dealkylation sites (tertiary alicyclic amines) is 1. The largest absolute Gasteiger partial charge is 0.492 e. The van der Waals surface area contributed by atoms with Crippen LogP contribution in [0.1, 0.15) is 37.2 Å². The molecule has 2 aromatic carbocycles. The highest BCUT2D eigenvalue weighted by atomic mass is 19.1. The average Bonchev–Trinajstić information content (AvgIpc) is 2.94. The van der Waals surface area contributed by atoms with E-state index in [0.29, 0.717) is 18.8 Å². The number of benzene rings is 2. The summed E-state index contributed by atoms with van der Waals surface area (Å²) in [6.07, 6.45) is 3.66. The third kappa shape index (κ3) is 4.20. The van der Waals surface area contributed by atoms with Crippen molar-refractivity contribution in [1.29, 1.82) is 0 Å². The predicted molar refractivity (Wildman–Crippen MR) is 107 cm³/mol. The van der Waals surface area contributed by atoms with Crippen LogP contribution in [0.25, 0.3) is 0 Å². The molecule has 5 heteroatoms.